The first-order valence-electron chi connectivity index (χ1n) is 5.88. The fraction of sp³-hybridized carbons (Fsp3) is 0.667. The van der Waals surface area contributed by atoms with Gasteiger partial charge in [-0.05, 0) is 0 Å². The second-order valence-electron chi connectivity index (χ2n) is 4.08. The van der Waals surface area contributed by atoms with Gasteiger partial charge in [-0.2, -0.15) is 0 Å². The van der Waals surface area contributed by atoms with E-state index < -0.39 is 0 Å². The molecular formula is C12H21N3O2. The van der Waals surface area contributed by atoms with Crippen LogP contribution in [0.5, 0.6) is 5.88 Å². The molecule has 1 rings (SSSR count). The van der Waals surface area contributed by atoms with Crippen LogP contribution in [0.3, 0.4) is 0 Å². The molecule has 0 saturated heterocycles. The van der Waals surface area contributed by atoms with Gasteiger partial charge in [0.15, 0.2) is 0 Å². The Morgan fingerprint density at radius 2 is 2.06 bits per heavy atom. The lowest BCUT2D eigenvalue weighted by Crippen LogP contribution is -2.22. The number of hydrogen-bond acceptors (Lipinski definition) is 5. The minimum atomic E-state index is 0.446. The van der Waals surface area contributed by atoms with E-state index in [9.17, 15) is 0 Å². The summed E-state index contributed by atoms with van der Waals surface area (Å²) in [4.78, 5) is 8.46. The molecule has 1 aromatic rings. The van der Waals surface area contributed by atoms with Gasteiger partial charge in [0.05, 0.1) is 24.7 Å². The van der Waals surface area contributed by atoms with Crippen LogP contribution in [0.1, 0.15) is 26.0 Å². The lowest BCUT2D eigenvalue weighted by atomic mass is 10.3. The van der Waals surface area contributed by atoms with Crippen molar-refractivity contribution in [3.63, 3.8) is 0 Å². The van der Waals surface area contributed by atoms with Gasteiger partial charge in [-0.1, -0.05) is 13.8 Å². The first-order chi connectivity index (χ1) is 8.22. The van der Waals surface area contributed by atoms with Crippen LogP contribution in [0.15, 0.2) is 12.4 Å². The zero-order chi connectivity index (χ0) is 12.5. The Kier molecular flexibility index (Phi) is 6.50. The lowest BCUT2D eigenvalue weighted by Gasteiger charge is -2.08. The summed E-state index contributed by atoms with van der Waals surface area (Å²) in [6.45, 7) is 6.23. The van der Waals surface area contributed by atoms with Gasteiger partial charge in [-0.15, -0.1) is 0 Å². The maximum absolute atomic E-state index is 5.41. The molecular weight excluding hydrogens is 218 g/mol. The first kappa shape index (κ1) is 13.9. The van der Waals surface area contributed by atoms with Gasteiger partial charge in [0.1, 0.15) is 0 Å². The van der Waals surface area contributed by atoms with Gasteiger partial charge in [0, 0.05) is 32.7 Å². The van der Waals surface area contributed by atoms with E-state index in [1.54, 1.807) is 19.5 Å². The van der Waals surface area contributed by atoms with Crippen molar-refractivity contribution < 1.29 is 9.47 Å². The molecule has 17 heavy (non-hydrogen) atoms. The number of nitrogens with one attached hydrogen (secondary N) is 1. The summed E-state index contributed by atoms with van der Waals surface area (Å²) in [5.74, 6) is 0.564. The Bertz CT molecular complexity index is 301. The average molecular weight is 239 g/mol. The molecule has 0 bridgehead atoms. The number of methoxy groups -OCH3 is 1. The standard InChI is InChI=1S/C12H21N3O2/c1-10(2)13-7-11-8-15-12(9-14-11)17-6-4-5-16-3/h8-10,13H,4-7H2,1-3H3. The number of aromatic nitrogens is 2. The average Bonchev–Trinajstić information content (AvgIpc) is 2.33. The van der Waals surface area contributed by atoms with Gasteiger partial charge >= 0.3 is 0 Å². The van der Waals surface area contributed by atoms with Crippen molar-refractivity contribution in [2.45, 2.75) is 32.9 Å². The third-order valence-electron chi connectivity index (χ3n) is 2.12. The van der Waals surface area contributed by atoms with E-state index in [2.05, 4.69) is 29.1 Å². The number of hydrogen-bond donors (Lipinski definition) is 1. The minimum absolute atomic E-state index is 0.446. The maximum Gasteiger partial charge on any atom is 0.232 e. The molecule has 5 nitrogen and oxygen atoms in total. The van der Waals surface area contributed by atoms with Crippen LogP contribution < -0.4 is 10.1 Å². The second-order valence-corrected chi connectivity index (χ2v) is 4.08. The van der Waals surface area contributed by atoms with Gasteiger partial charge in [-0.25, -0.2) is 4.98 Å². The van der Waals surface area contributed by atoms with Crippen LogP contribution in [0.25, 0.3) is 0 Å². The van der Waals surface area contributed by atoms with Gasteiger partial charge in [0.25, 0.3) is 0 Å². The summed E-state index contributed by atoms with van der Waals surface area (Å²) < 4.78 is 10.3. The van der Waals surface area contributed by atoms with Crippen LogP contribution in [0.2, 0.25) is 0 Å². The van der Waals surface area contributed by atoms with Gasteiger partial charge in [-0.3, -0.25) is 4.98 Å². The van der Waals surface area contributed by atoms with Gasteiger partial charge < -0.3 is 14.8 Å². The molecule has 0 fully saturated rings. The largest absolute Gasteiger partial charge is 0.476 e. The maximum atomic E-state index is 5.41. The molecule has 0 aliphatic heterocycles. The van der Waals surface area contributed by atoms with E-state index in [4.69, 9.17) is 9.47 Å². The van der Waals surface area contributed by atoms with Crippen LogP contribution in [-0.2, 0) is 11.3 Å². The normalized spacial score (nSPS) is 10.8. The van der Waals surface area contributed by atoms with Crippen molar-refractivity contribution in [1.82, 2.24) is 15.3 Å². The summed E-state index contributed by atoms with van der Waals surface area (Å²) in [6.07, 6.45) is 4.25. The Balaban J connectivity index is 2.29. The summed E-state index contributed by atoms with van der Waals surface area (Å²) in [7, 11) is 1.68. The Morgan fingerprint density at radius 3 is 2.65 bits per heavy atom. The van der Waals surface area contributed by atoms with Crippen LogP contribution >= 0.6 is 0 Å². The van der Waals surface area contributed by atoms with Crippen molar-refractivity contribution in [2.24, 2.45) is 0 Å². The van der Waals surface area contributed by atoms with E-state index in [0.717, 1.165) is 18.7 Å². The predicted molar refractivity (Wildman–Crippen MR) is 66.0 cm³/mol. The molecule has 0 aliphatic rings. The molecule has 0 saturated carbocycles. The Morgan fingerprint density at radius 1 is 1.24 bits per heavy atom. The van der Waals surface area contributed by atoms with Crippen LogP contribution in [-0.4, -0.2) is 36.3 Å². The molecule has 0 radical (unpaired) electrons. The fourth-order valence-electron chi connectivity index (χ4n) is 1.20. The monoisotopic (exact) mass is 239 g/mol. The highest BCUT2D eigenvalue weighted by Crippen LogP contribution is 2.04. The van der Waals surface area contributed by atoms with Crippen molar-refractivity contribution >= 4 is 0 Å². The molecule has 1 aromatic heterocycles. The summed E-state index contributed by atoms with van der Waals surface area (Å²) in [6, 6.07) is 0.446. The highest BCUT2D eigenvalue weighted by Gasteiger charge is 1.99. The first-order valence-corrected chi connectivity index (χ1v) is 5.88. The van der Waals surface area contributed by atoms with E-state index >= 15 is 0 Å². The molecule has 0 unspecified atom stereocenters. The molecule has 5 heteroatoms. The summed E-state index contributed by atoms with van der Waals surface area (Å²) >= 11 is 0. The minimum Gasteiger partial charge on any atom is -0.476 e. The Labute approximate surface area is 103 Å². The third-order valence-corrected chi connectivity index (χ3v) is 2.12. The summed E-state index contributed by atoms with van der Waals surface area (Å²) in [5, 5.41) is 3.28. The SMILES string of the molecule is COCCCOc1cnc(CNC(C)C)cn1. The van der Waals surface area contributed by atoms with E-state index in [1.807, 2.05) is 0 Å². The van der Waals surface area contributed by atoms with Crippen molar-refractivity contribution in [1.29, 1.82) is 0 Å². The Hall–Kier alpha value is -1.20. The molecule has 1 N–H and O–H groups in total. The lowest BCUT2D eigenvalue weighted by molar-refractivity contribution is 0.170. The van der Waals surface area contributed by atoms with E-state index in [1.165, 1.54) is 0 Å². The highest BCUT2D eigenvalue weighted by atomic mass is 16.5. The smallest absolute Gasteiger partial charge is 0.232 e. The molecule has 0 atom stereocenters. The molecule has 0 amide bonds. The van der Waals surface area contributed by atoms with Crippen molar-refractivity contribution in [3.8, 4) is 5.88 Å². The molecule has 0 spiro atoms. The van der Waals surface area contributed by atoms with E-state index in [0.29, 0.717) is 25.1 Å². The zero-order valence-corrected chi connectivity index (χ0v) is 10.8. The molecule has 0 aliphatic carbocycles. The fourth-order valence-corrected chi connectivity index (χ4v) is 1.20. The zero-order valence-electron chi connectivity index (χ0n) is 10.8. The van der Waals surface area contributed by atoms with Crippen LogP contribution in [0.4, 0.5) is 0 Å². The highest BCUT2D eigenvalue weighted by molar-refractivity contribution is 5.07. The number of rotatable bonds is 8. The topological polar surface area (TPSA) is 56.3 Å². The van der Waals surface area contributed by atoms with Crippen molar-refractivity contribution in [3.05, 3.63) is 18.1 Å². The predicted octanol–water partition coefficient (Wildman–Crippen LogP) is 1.39. The van der Waals surface area contributed by atoms with E-state index in [-0.39, 0.29) is 0 Å². The van der Waals surface area contributed by atoms with Crippen molar-refractivity contribution in [2.75, 3.05) is 20.3 Å². The number of nitrogens with zero attached hydrogens (tertiary/aromatic N) is 2. The molecule has 1 heterocycles. The molecule has 96 valence electrons. The quantitative estimate of drug-likeness (QED) is 0.695. The summed E-state index contributed by atoms with van der Waals surface area (Å²) in [5.41, 5.74) is 0.919. The molecule has 0 aromatic carbocycles. The van der Waals surface area contributed by atoms with Gasteiger partial charge in [0.2, 0.25) is 5.88 Å². The van der Waals surface area contributed by atoms with Crippen LogP contribution in [0, 0.1) is 0 Å². The third kappa shape index (κ3) is 6.19. The second kappa shape index (κ2) is 7.97. The number of ether oxygens (including phenoxy) is 2.